The van der Waals surface area contributed by atoms with Crippen LogP contribution >= 0.6 is 22.9 Å². The maximum Gasteiger partial charge on any atom is 0.338 e. The number of rotatable bonds is 9. The number of halogens is 2. The van der Waals surface area contributed by atoms with Crippen LogP contribution in [0, 0.1) is 5.82 Å². The Balaban J connectivity index is 1.49. The van der Waals surface area contributed by atoms with Crippen LogP contribution in [0.2, 0.25) is 5.02 Å². The van der Waals surface area contributed by atoms with Gasteiger partial charge in [0.05, 0.1) is 22.0 Å². The summed E-state index contributed by atoms with van der Waals surface area (Å²) >= 11 is 7.14. The molecule has 1 aromatic heterocycles. The minimum Gasteiger partial charge on any atom is -0.452 e. The lowest BCUT2D eigenvalue weighted by Crippen LogP contribution is -2.28. The van der Waals surface area contributed by atoms with Gasteiger partial charge in [-0.3, -0.25) is 4.79 Å². The van der Waals surface area contributed by atoms with Gasteiger partial charge < -0.3 is 10.1 Å². The van der Waals surface area contributed by atoms with E-state index in [9.17, 15) is 22.4 Å². The number of carbonyl (C=O) groups excluding carboxylic acids is 2. The smallest absolute Gasteiger partial charge is 0.338 e. The van der Waals surface area contributed by atoms with Crippen LogP contribution in [0.15, 0.2) is 64.9 Å². The summed E-state index contributed by atoms with van der Waals surface area (Å²) < 4.78 is 45.2. The van der Waals surface area contributed by atoms with Gasteiger partial charge in [-0.15, -0.1) is 11.3 Å². The Morgan fingerprint density at radius 1 is 1.06 bits per heavy atom. The minimum absolute atomic E-state index is 0.0578. The van der Waals surface area contributed by atoms with Gasteiger partial charge in [0.1, 0.15) is 5.82 Å². The van der Waals surface area contributed by atoms with Gasteiger partial charge in [-0.2, -0.15) is 0 Å². The predicted molar refractivity (Wildman–Crippen MR) is 118 cm³/mol. The Hall–Kier alpha value is -2.79. The lowest BCUT2D eigenvalue weighted by molar-refractivity contribution is -0.124. The van der Waals surface area contributed by atoms with E-state index >= 15 is 0 Å². The van der Waals surface area contributed by atoms with E-state index in [1.165, 1.54) is 23.5 Å². The molecule has 1 amide bonds. The molecule has 32 heavy (non-hydrogen) atoms. The molecule has 0 atom stereocenters. The molecule has 11 heteroatoms. The molecule has 0 radical (unpaired) electrons. The Labute approximate surface area is 193 Å². The van der Waals surface area contributed by atoms with Crippen LogP contribution in [-0.2, 0) is 32.6 Å². The Morgan fingerprint density at radius 2 is 1.81 bits per heavy atom. The van der Waals surface area contributed by atoms with E-state index in [-0.39, 0.29) is 22.0 Å². The van der Waals surface area contributed by atoms with E-state index in [0.717, 1.165) is 23.1 Å². The molecule has 2 N–H and O–H groups in total. The van der Waals surface area contributed by atoms with Gasteiger partial charge in [0.2, 0.25) is 10.0 Å². The van der Waals surface area contributed by atoms with Crippen molar-refractivity contribution in [1.82, 2.24) is 10.0 Å². The van der Waals surface area contributed by atoms with Crippen LogP contribution in [-0.4, -0.2) is 26.9 Å². The lowest BCUT2D eigenvalue weighted by atomic mass is 10.1. The summed E-state index contributed by atoms with van der Waals surface area (Å²) in [5.74, 6) is -1.81. The largest absolute Gasteiger partial charge is 0.452 e. The molecule has 0 saturated carbocycles. The zero-order chi connectivity index (χ0) is 23.1. The van der Waals surface area contributed by atoms with Crippen molar-refractivity contribution in [2.45, 2.75) is 18.0 Å². The third-order valence-corrected chi connectivity index (χ3v) is 6.80. The van der Waals surface area contributed by atoms with Crippen molar-refractivity contribution in [2.24, 2.45) is 0 Å². The number of ether oxygens (including phenoxy) is 1. The van der Waals surface area contributed by atoms with Crippen LogP contribution in [0.1, 0.15) is 20.8 Å². The molecule has 0 fully saturated rings. The molecular formula is C21H18ClFN2O5S2. The molecule has 7 nitrogen and oxygen atoms in total. The first kappa shape index (κ1) is 23.9. The molecule has 0 unspecified atom stereocenters. The van der Waals surface area contributed by atoms with E-state index in [4.69, 9.17) is 16.3 Å². The van der Waals surface area contributed by atoms with Crippen LogP contribution in [0.4, 0.5) is 4.39 Å². The highest BCUT2D eigenvalue weighted by molar-refractivity contribution is 7.89. The van der Waals surface area contributed by atoms with Crippen molar-refractivity contribution in [3.63, 3.8) is 0 Å². The number of esters is 1. The molecule has 0 aliphatic carbocycles. The zero-order valence-corrected chi connectivity index (χ0v) is 18.9. The number of amides is 1. The highest BCUT2D eigenvalue weighted by Gasteiger charge is 2.16. The molecule has 3 aromatic rings. The number of nitrogens with one attached hydrogen (secondary N) is 2. The van der Waals surface area contributed by atoms with Crippen molar-refractivity contribution < 1.29 is 27.1 Å². The van der Waals surface area contributed by atoms with Gasteiger partial charge in [-0.05, 0) is 47.3 Å². The van der Waals surface area contributed by atoms with Gasteiger partial charge >= 0.3 is 5.97 Å². The molecular weight excluding hydrogens is 479 g/mol. The van der Waals surface area contributed by atoms with E-state index in [2.05, 4.69) is 10.0 Å². The van der Waals surface area contributed by atoms with Crippen molar-refractivity contribution >= 4 is 44.8 Å². The van der Waals surface area contributed by atoms with E-state index < -0.39 is 34.3 Å². The molecule has 0 spiro atoms. The summed E-state index contributed by atoms with van der Waals surface area (Å²) in [4.78, 5) is 24.7. The summed E-state index contributed by atoms with van der Waals surface area (Å²) in [5, 5.41) is 4.25. The number of thiophene rings is 1. The molecule has 1 heterocycles. The third kappa shape index (κ3) is 6.60. The topological polar surface area (TPSA) is 102 Å². The standard InChI is InChI=1S/C21H18ClFN2O5S2/c22-18-10-17(7-8-19(18)23)32(28,29)25-11-14-3-5-15(6-4-14)21(27)30-13-20(26)24-12-16-2-1-9-31-16/h1-10,25H,11-13H2,(H,24,26). The Morgan fingerprint density at radius 3 is 2.47 bits per heavy atom. The van der Waals surface area contributed by atoms with E-state index in [0.29, 0.717) is 12.1 Å². The number of hydrogen-bond donors (Lipinski definition) is 2. The van der Waals surface area contributed by atoms with Crippen LogP contribution < -0.4 is 10.0 Å². The van der Waals surface area contributed by atoms with E-state index in [1.54, 1.807) is 12.1 Å². The Kier molecular flexibility index (Phi) is 7.97. The summed E-state index contributed by atoms with van der Waals surface area (Å²) in [7, 11) is -3.90. The van der Waals surface area contributed by atoms with E-state index in [1.807, 2.05) is 17.5 Å². The van der Waals surface area contributed by atoms with Crippen LogP contribution in [0.25, 0.3) is 0 Å². The van der Waals surface area contributed by atoms with Crippen molar-refractivity contribution in [2.75, 3.05) is 6.61 Å². The summed E-state index contributed by atoms with van der Waals surface area (Å²) in [6.07, 6.45) is 0. The summed E-state index contributed by atoms with van der Waals surface area (Å²) in [5.41, 5.74) is 0.792. The fraction of sp³-hybridized carbons (Fsp3) is 0.143. The van der Waals surface area contributed by atoms with Gasteiger partial charge in [0.25, 0.3) is 5.91 Å². The number of hydrogen-bond acceptors (Lipinski definition) is 6. The van der Waals surface area contributed by atoms with Gasteiger partial charge in [0, 0.05) is 11.4 Å². The highest BCUT2D eigenvalue weighted by Crippen LogP contribution is 2.19. The maximum atomic E-state index is 13.2. The zero-order valence-electron chi connectivity index (χ0n) is 16.5. The van der Waals surface area contributed by atoms with Gasteiger partial charge in [-0.25, -0.2) is 22.3 Å². The van der Waals surface area contributed by atoms with Crippen LogP contribution in [0.5, 0.6) is 0 Å². The van der Waals surface area contributed by atoms with Crippen molar-refractivity contribution in [3.05, 3.63) is 86.8 Å². The normalized spacial score (nSPS) is 11.2. The van der Waals surface area contributed by atoms with Crippen molar-refractivity contribution in [3.8, 4) is 0 Å². The second-order valence-corrected chi connectivity index (χ2v) is 9.74. The minimum atomic E-state index is -3.90. The molecule has 0 saturated heterocycles. The average molecular weight is 497 g/mol. The second kappa shape index (κ2) is 10.7. The van der Waals surface area contributed by atoms with Gasteiger partial charge in [-0.1, -0.05) is 29.8 Å². The average Bonchev–Trinajstić information content (AvgIpc) is 3.30. The molecule has 0 bridgehead atoms. The first-order valence-electron chi connectivity index (χ1n) is 9.24. The quantitative estimate of drug-likeness (QED) is 0.441. The molecule has 168 valence electrons. The van der Waals surface area contributed by atoms with Crippen LogP contribution in [0.3, 0.4) is 0 Å². The van der Waals surface area contributed by atoms with Gasteiger partial charge in [0.15, 0.2) is 6.61 Å². The SMILES string of the molecule is O=C(COC(=O)c1ccc(CNS(=O)(=O)c2ccc(F)c(Cl)c2)cc1)NCc1cccs1. The monoisotopic (exact) mass is 496 g/mol. The fourth-order valence-corrected chi connectivity index (χ4v) is 4.46. The first-order chi connectivity index (χ1) is 15.2. The third-order valence-electron chi connectivity index (χ3n) is 4.23. The molecule has 2 aromatic carbocycles. The predicted octanol–water partition coefficient (Wildman–Crippen LogP) is 3.49. The highest BCUT2D eigenvalue weighted by atomic mass is 35.5. The first-order valence-corrected chi connectivity index (χ1v) is 12.0. The number of benzene rings is 2. The number of carbonyl (C=O) groups is 2. The second-order valence-electron chi connectivity index (χ2n) is 6.53. The Bertz CT molecular complexity index is 1200. The molecule has 3 rings (SSSR count). The summed E-state index contributed by atoms with van der Waals surface area (Å²) in [6.45, 7) is -0.105. The summed E-state index contributed by atoms with van der Waals surface area (Å²) in [6, 6.07) is 12.9. The van der Waals surface area contributed by atoms with Crippen molar-refractivity contribution in [1.29, 1.82) is 0 Å². The maximum absolute atomic E-state index is 13.2. The number of sulfonamides is 1. The lowest BCUT2D eigenvalue weighted by Gasteiger charge is -2.09. The molecule has 0 aliphatic rings. The molecule has 0 aliphatic heterocycles. The fourth-order valence-electron chi connectivity index (χ4n) is 2.53.